The minimum absolute atomic E-state index is 0. The third-order valence-electron chi connectivity index (χ3n) is 5.15. The number of imide groups is 1. The number of phenols is 1. The summed E-state index contributed by atoms with van der Waals surface area (Å²) in [5.74, 6) is -0.598. The molecule has 3 atom stereocenters. The molecule has 1 fully saturated rings. The van der Waals surface area contributed by atoms with Crippen LogP contribution in [0.2, 0.25) is 0 Å². The first-order valence-corrected chi connectivity index (χ1v) is 10.3. The van der Waals surface area contributed by atoms with Crippen molar-refractivity contribution in [1.29, 1.82) is 0 Å². The highest BCUT2D eigenvalue weighted by atomic mass is 16.6. The Morgan fingerprint density at radius 1 is 1.06 bits per heavy atom. The van der Waals surface area contributed by atoms with E-state index in [0.717, 1.165) is 11.3 Å². The molecule has 0 saturated carbocycles. The smallest absolute Gasteiger partial charge is 0.326 e. The molecule has 1 aliphatic rings. The number of esters is 1. The van der Waals surface area contributed by atoms with Crippen LogP contribution in [-0.4, -0.2) is 47.0 Å². The van der Waals surface area contributed by atoms with E-state index in [0.29, 0.717) is 11.7 Å². The van der Waals surface area contributed by atoms with Crippen LogP contribution in [0.3, 0.4) is 0 Å². The lowest BCUT2D eigenvalue weighted by Crippen LogP contribution is -2.38. The topological polar surface area (TPSA) is 93.1 Å². The van der Waals surface area contributed by atoms with Crippen LogP contribution in [0.25, 0.3) is 0 Å². The lowest BCUT2D eigenvalue weighted by molar-refractivity contribution is -0.161. The third kappa shape index (κ3) is 10.6. The molecule has 0 aromatic heterocycles. The van der Waals surface area contributed by atoms with Crippen molar-refractivity contribution in [2.24, 2.45) is 11.8 Å². The van der Waals surface area contributed by atoms with Crippen LogP contribution < -0.4 is 4.74 Å². The maximum atomic E-state index is 11.7. The molecule has 1 aromatic rings. The van der Waals surface area contributed by atoms with Gasteiger partial charge in [-0.1, -0.05) is 63.5 Å². The number of aromatic hydroxyl groups is 1. The average Bonchev–Trinajstić information content (AvgIpc) is 2.84. The first-order chi connectivity index (χ1) is 13.8. The van der Waals surface area contributed by atoms with Crippen LogP contribution in [0.5, 0.6) is 11.5 Å². The zero-order chi connectivity index (χ0) is 23.2. The van der Waals surface area contributed by atoms with Gasteiger partial charge in [-0.25, -0.2) is 0 Å². The Morgan fingerprint density at radius 3 is 1.91 bits per heavy atom. The van der Waals surface area contributed by atoms with Crippen LogP contribution in [0.1, 0.15) is 96.1 Å². The van der Waals surface area contributed by atoms with Crippen LogP contribution in [0.15, 0.2) is 18.2 Å². The number of ether oxygens (including phenoxy) is 2. The standard InChI is InChI=1S/C12H19NO4.C11H16O2.4CH4/c1-7-8(2)11(16)13(10(7)15)6-9(14)17-12(3,4)5;1-4-8(2)9-5-6-10(12)11(7-9)13-3;;;;/h7-8H,6H2,1-5H3;5-8,12H,4H2,1-3H3;4*1H4. The first kappa shape index (κ1) is 38.7. The van der Waals surface area contributed by atoms with Crippen molar-refractivity contribution in [3.05, 3.63) is 23.8 Å². The molecular weight excluding hydrogens is 434 g/mol. The zero-order valence-electron chi connectivity index (χ0n) is 19.3. The average molecular weight is 486 g/mol. The van der Waals surface area contributed by atoms with Crippen LogP contribution in [-0.2, 0) is 19.1 Å². The summed E-state index contributed by atoms with van der Waals surface area (Å²) in [6.45, 7) is 12.6. The van der Waals surface area contributed by atoms with E-state index in [1.54, 1.807) is 47.8 Å². The molecular formula is C27H51NO6. The van der Waals surface area contributed by atoms with Gasteiger partial charge in [0.15, 0.2) is 11.5 Å². The molecule has 1 aromatic carbocycles. The normalized spacial score (nSPS) is 17.5. The highest BCUT2D eigenvalue weighted by Crippen LogP contribution is 2.30. The third-order valence-corrected chi connectivity index (χ3v) is 5.15. The van der Waals surface area contributed by atoms with E-state index in [-0.39, 0.29) is 65.7 Å². The molecule has 1 saturated heterocycles. The molecule has 1 heterocycles. The number of methoxy groups -OCH3 is 1. The Bertz CT molecular complexity index is 749. The molecule has 7 heteroatoms. The highest BCUT2D eigenvalue weighted by Gasteiger charge is 2.43. The number of likely N-dealkylation sites (tertiary alicyclic amines) is 1. The fourth-order valence-corrected chi connectivity index (χ4v) is 2.92. The zero-order valence-corrected chi connectivity index (χ0v) is 19.3. The molecule has 1 N–H and O–H groups in total. The Hall–Kier alpha value is -2.57. The number of benzene rings is 1. The summed E-state index contributed by atoms with van der Waals surface area (Å²) in [6, 6.07) is 5.51. The summed E-state index contributed by atoms with van der Waals surface area (Å²) in [5, 5.41) is 9.36. The van der Waals surface area contributed by atoms with E-state index in [1.807, 2.05) is 12.1 Å². The second-order valence-electron chi connectivity index (χ2n) is 8.67. The molecule has 2 amide bonds. The van der Waals surface area contributed by atoms with E-state index >= 15 is 0 Å². The van der Waals surface area contributed by atoms with Gasteiger partial charge in [0, 0.05) is 11.8 Å². The molecule has 1 aliphatic heterocycles. The van der Waals surface area contributed by atoms with Gasteiger partial charge in [0.25, 0.3) is 0 Å². The monoisotopic (exact) mass is 485 g/mol. The predicted octanol–water partition coefficient (Wildman–Crippen LogP) is 6.43. The van der Waals surface area contributed by atoms with Crippen molar-refractivity contribution in [2.75, 3.05) is 13.7 Å². The fraction of sp³-hybridized carbons (Fsp3) is 0.667. The maximum absolute atomic E-state index is 11.7. The number of rotatable bonds is 5. The summed E-state index contributed by atoms with van der Waals surface area (Å²) in [4.78, 5) is 36.0. The van der Waals surface area contributed by atoms with Crippen LogP contribution in [0.4, 0.5) is 0 Å². The summed E-state index contributed by atoms with van der Waals surface area (Å²) in [5.41, 5.74) is 0.595. The van der Waals surface area contributed by atoms with Gasteiger partial charge in [0.2, 0.25) is 11.8 Å². The molecule has 7 nitrogen and oxygen atoms in total. The van der Waals surface area contributed by atoms with Crippen molar-refractivity contribution < 1.29 is 29.0 Å². The number of carbonyl (C=O) groups excluding carboxylic acids is 3. The predicted molar refractivity (Wildman–Crippen MR) is 141 cm³/mol. The second kappa shape index (κ2) is 16.1. The maximum Gasteiger partial charge on any atom is 0.326 e. The lowest BCUT2D eigenvalue weighted by Gasteiger charge is -2.21. The molecule has 3 unspecified atom stereocenters. The van der Waals surface area contributed by atoms with Crippen molar-refractivity contribution in [1.82, 2.24) is 4.90 Å². The van der Waals surface area contributed by atoms with Gasteiger partial charge < -0.3 is 14.6 Å². The number of amides is 2. The molecule has 0 bridgehead atoms. The first-order valence-electron chi connectivity index (χ1n) is 10.3. The van der Waals surface area contributed by atoms with Gasteiger partial charge in [0.05, 0.1) is 7.11 Å². The van der Waals surface area contributed by atoms with Gasteiger partial charge in [-0.3, -0.25) is 19.3 Å². The minimum atomic E-state index is -0.611. The highest BCUT2D eigenvalue weighted by molar-refractivity contribution is 6.06. The van der Waals surface area contributed by atoms with E-state index in [4.69, 9.17) is 9.47 Å². The Morgan fingerprint density at radius 2 is 1.53 bits per heavy atom. The van der Waals surface area contributed by atoms with Crippen molar-refractivity contribution in [3.63, 3.8) is 0 Å². The minimum Gasteiger partial charge on any atom is -0.504 e. The number of hydrogen-bond donors (Lipinski definition) is 1. The SMILES string of the molecule is C.C.C.C.CC1C(=O)N(CC(=O)OC(C)(C)C)C(=O)C1C.CCC(C)c1ccc(O)c(OC)c1. The quantitative estimate of drug-likeness (QED) is 0.382. The van der Waals surface area contributed by atoms with Crippen molar-refractivity contribution in [2.45, 2.75) is 96.1 Å². The Labute approximate surface area is 208 Å². The van der Waals surface area contributed by atoms with Crippen LogP contribution in [0, 0.1) is 11.8 Å². The van der Waals surface area contributed by atoms with Gasteiger partial charge in [-0.2, -0.15) is 0 Å². The van der Waals surface area contributed by atoms with E-state index in [1.165, 1.54) is 5.56 Å². The number of nitrogens with zero attached hydrogens (tertiary/aromatic N) is 1. The van der Waals surface area contributed by atoms with Gasteiger partial charge in [-0.15, -0.1) is 0 Å². The van der Waals surface area contributed by atoms with Gasteiger partial charge in [0.1, 0.15) is 12.1 Å². The number of hydrogen-bond acceptors (Lipinski definition) is 6. The van der Waals surface area contributed by atoms with Gasteiger partial charge >= 0.3 is 5.97 Å². The van der Waals surface area contributed by atoms with E-state index < -0.39 is 11.6 Å². The molecule has 2 rings (SSSR count). The molecule has 0 radical (unpaired) electrons. The summed E-state index contributed by atoms with van der Waals surface area (Å²) < 4.78 is 10.1. The summed E-state index contributed by atoms with van der Waals surface area (Å²) in [7, 11) is 1.56. The number of phenolic OH excluding ortho intramolecular Hbond substituents is 1. The summed E-state index contributed by atoms with van der Waals surface area (Å²) in [6.07, 6.45) is 1.09. The van der Waals surface area contributed by atoms with Gasteiger partial charge in [-0.05, 0) is 50.8 Å². The lowest BCUT2D eigenvalue weighted by atomic mass is 9.98. The Balaban J connectivity index is -0.000000243. The molecule has 34 heavy (non-hydrogen) atoms. The van der Waals surface area contributed by atoms with Crippen molar-refractivity contribution in [3.8, 4) is 11.5 Å². The molecule has 200 valence electrons. The fourth-order valence-electron chi connectivity index (χ4n) is 2.92. The molecule has 0 aliphatic carbocycles. The Kier molecular flexibility index (Phi) is 18.3. The largest absolute Gasteiger partial charge is 0.504 e. The number of carbonyl (C=O) groups is 3. The van der Waals surface area contributed by atoms with E-state index in [9.17, 15) is 19.5 Å². The van der Waals surface area contributed by atoms with Crippen molar-refractivity contribution >= 4 is 17.8 Å². The second-order valence-corrected chi connectivity index (χ2v) is 8.67. The molecule has 0 spiro atoms. The summed E-state index contributed by atoms with van der Waals surface area (Å²) >= 11 is 0. The van der Waals surface area contributed by atoms with Crippen LogP contribution >= 0.6 is 0 Å². The van der Waals surface area contributed by atoms with E-state index in [2.05, 4.69) is 13.8 Å².